The number of aryl methyl sites for hydroxylation is 4. The van der Waals surface area contributed by atoms with Crippen molar-refractivity contribution in [3.63, 3.8) is 0 Å². The molecule has 0 N–H and O–H groups in total. The highest BCUT2D eigenvalue weighted by molar-refractivity contribution is 6.31. The van der Waals surface area contributed by atoms with E-state index in [1.165, 1.54) is 0 Å². The zero-order chi connectivity index (χ0) is 19.0. The first-order valence-corrected chi connectivity index (χ1v) is 9.49. The molecule has 0 aliphatic carbocycles. The molecule has 0 aliphatic rings. The van der Waals surface area contributed by atoms with Crippen LogP contribution in [0.1, 0.15) is 43.0 Å². The average molecular weight is 383 g/mol. The molecule has 0 heterocycles. The third-order valence-electron chi connectivity index (χ3n) is 3.70. The van der Waals surface area contributed by atoms with E-state index in [1.807, 2.05) is 58.9 Å². The Morgan fingerprint density at radius 3 is 1.60 bits per heavy atom. The van der Waals surface area contributed by atoms with E-state index in [4.69, 9.17) is 32.7 Å². The molecule has 2 aromatic carbocycles. The van der Waals surface area contributed by atoms with Crippen molar-refractivity contribution in [3.8, 4) is 11.5 Å². The Kier molecular flexibility index (Phi) is 9.16. The molecule has 25 heavy (non-hydrogen) atoms. The van der Waals surface area contributed by atoms with Crippen molar-refractivity contribution >= 4 is 23.2 Å². The van der Waals surface area contributed by atoms with E-state index in [0.29, 0.717) is 13.2 Å². The summed E-state index contributed by atoms with van der Waals surface area (Å²) in [6.45, 7) is 13.1. The third kappa shape index (κ3) is 6.13. The van der Waals surface area contributed by atoms with Crippen molar-refractivity contribution in [2.45, 2.75) is 48.0 Å². The molecule has 4 heteroatoms. The second-order valence-corrected chi connectivity index (χ2v) is 6.50. The lowest BCUT2D eigenvalue weighted by atomic mass is 10.1. The summed E-state index contributed by atoms with van der Waals surface area (Å²) in [7, 11) is 0. The van der Waals surface area contributed by atoms with Gasteiger partial charge in [0.1, 0.15) is 24.7 Å². The fourth-order valence-corrected chi connectivity index (χ4v) is 3.30. The van der Waals surface area contributed by atoms with Crippen LogP contribution >= 0.6 is 23.2 Å². The summed E-state index contributed by atoms with van der Waals surface area (Å²) in [5.41, 5.74) is 4.24. The molecule has 138 valence electrons. The predicted octanol–water partition coefficient (Wildman–Crippen LogP) is 6.97. The van der Waals surface area contributed by atoms with Gasteiger partial charge in [-0.15, -0.1) is 0 Å². The van der Waals surface area contributed by atoms with Crippen LogP contribution in [0.3, 0.4) is 0 Å². The molecule has 2 rings (SSSR count). The lowest BCUT2D eigenvalue weighted by Crippen LogP contribution is -2.12. The molecule has 0 amide bonds. The van der Waals surface area contributed by atoms with Crippen molar-refractivity contribution in [2.75, 3.05) is 13.2 Å². The number of hydrogen-bond donors (Lipinski definition) is 0. The monoisotopic (exact) mass is 382 g/mol. The Labute approximate surface area is 162 Å². The van der Waals surface area contributed by atoms with Crippen LogP contribution in [0.5, 0.6) is 11.5 Å². The fourth-order valence-electron chi connectivity index (χ4n) is 2.68. The van der Waals surface area contributed by atoms with Gasteiger partial charge in [-0.05, 0) is 73.7 Å². The van der Waals surface area contributed by atoms with E-state index in [-0.39, 0.29) is 0 Å². The Balaban J connectivity index is 0.00000151. The topological polar surface area (TPSA) is 18.5 Å². The highest BCUT2D eigenvalue weighted by atomic mass is 35.5. The maximum atomic E-state index is 6.10. The first-order valence-electron chi connectivity index (χ1n) is 8.73. The van der Waals surface area contributed by atoms with Gasteiger partial charge < -0.3 is 9.47 Å². The summed E-state index contributed by atoms with van der Waals surface area (Å²) in [6, 6.07) is 7.69. The van der Waals surface area contributed by atoms with Crippen LogP contribution in [-0.4, -0.2) is 13.2 Å². The molecule has 0 saturated carbocycles. The van der Waals surface area contributed by atoms with E-state index >= 15 is 0 Å². The van der Waals surface area contributed by atoms with Gasteiger partial charge in [0.15, 0.2) is 0 Å². The van der Waals surface area contributed by atoms with Crippen LogP contribution in [0.2, 0.25) is 10.0 Å². The minimum atomic E-state index is 0.481. The van der Waals surface area contributed by atoms with Crippen LogP contribution in [-0.2, 0) is 6.42 Å². The van der Waals surface area contributed by atoms with Gasteiger partial charge in [0.05, 0.1) is 0 Å². The lowest BCUT2D eigenvalue weighted by molar-refractivity contribution is 0.213. The number of hydrogen-bond acceptors (Lipinski definition) is 2. The highest BCUT2D eigenvalue weighted by Crippen LogP contribution is 2.29. The van der Waals surface area contributed by atoms with Crippen LogP contribution in [0.15, 0.2) is 24.3 Å². The summed E-state index contributed by atoms with van der Waals surface area (Å²) in [6.07, 6.45) is 0.882. The van der Waals surface area contributed by atoms with Gasteiger partial charge in [0, 0.05) is 10.0 Å². The minimum absolute atomic E-state index is 0.481. The van der Waals surface area contributed by atoms with E-state index < -0.39 is 0 Å². The van der Waals surface area contributed by atoms with Crippen LogP contribution in [0, 0.1) is 20.8 Å². The summed E-state index contributed by atoms with van der Waals surface area (Å²) in [5.74, 6) is 1.78. The molecule has 0 aromatic heterocycles. The Hall–Kier alpha value is -1.38. The third-order valence-corrected chi connectivity index (χ3v) is 4.13. The zero-order valence-corrected chi connectivity index (χ0v) is 17.5. The molecule has 0 bridgehead atoms. The number of ether oxygens (including phenoxy) is 2. The molecular formula is C21H28Cl2O2. The maximum Gasteiger partial charge on any atom is 0.125 e. The van der Waals surface area contributed by atoms with Crippen molar-refractivity contribution in [3.05, 3.63) is 56.6 Å². The predicted molar refractivity (Wildman–Crippen MR) is 109 cm³/mol. The number of halogens is 2. The number of rotatable bonds is 6. The van der Waals surface area contributed by atoms with Gasteiger partial charge >= 0.3 is 0 Å². The molecular weight excluding hydrogens is 355 g/mol. The smallest absolute Gasteiger partial charge is 0.125 e. The fraction of sp³-hybridized carbons (Fsp3) is 0.429. The van der Waals surface area contributed by atoms with Crippen molar-refractivity contribution in [1.29, 1.82) is 0 Å². The second-order valence-electron chi connectivity index (χ2n) is 5.63. The highest BCUT2D eigenvalue weighted by Gasteiger charge is 2.09. The molecule has 0 unspecified atom stereocenters. The normalized spacial score (nSPS) is 10.1. The van der Waals surface area contributed by atoms with Crippen molar-refractivity contribution < 1.29 is 9.47 Å². The molecule has 0 saturated heterocycles. The van der Waals surface area contributed by atoms with Gasteiger partial charge in [-0.25, -0.2) is 0 Å². The Morgan fingerprint density at radius 2 is 1.12 bits per heavy atom. The summed E-state index contributed by atoms with van der Waals surface area (Å²) in [5, 5.41) is 1.48. The first-order chi connectivity index (χ1) is 11.9. The zero-order valence-electron chi connectivity index (χ0n) is 16.0. The van der Waals surface area contributed by atoms with Crippen LogP contribution < -0.4 is 9.47 Å². The first kappa shape index (κ1) is 21.7. The van der Waals surface area contributed by atoms with E-state index in [2.05, 4.69) is 6.92 Å². The molecule has 0 atom stereocenters. The molecule has 2 nitrogen and oxygen atoms in total. The van der Waals surface area contributed by atoms with Crippen LogP contribution in [0.4, 0.5) is 0 Å². The molecule has 0 spiro atoms. The summed E-state index contributed by atoms with van der Waals surface area (Å²) in [4.78, 5) is 0. The maximum absolute atomic E-state index is 6.10. The molecule has 0 fully saturated rings. The molecule has 2 aromatic rings. The summed E-state index contributed by atoms with van der Waals surface area (Å²) < 4.78 is 11.8. The van der Waals surface area contributed by atoms with E-state index in [0.717, 1.165) is 50.2 Å². The molecule has 0 radical (unpaired) electrons. The van der Waals surface area contributed by atoms with Gasteiger partial charge in [-0.1, -0.05) is 44.0 Å². The second kappa shape index (κ2) is 10.6. The van der Waals surface area contributed by atoms with E-state index in [1.54, 1.807) is 0 Å². The molecule has 0 aliphatic heterocycles. The van der Waals surface area contributed by atoms with Crippen molar-refractivity contribution in [1.82, 2.24) is 0 Å². The van der Waals surface area contributed by atoms with Gasteiger partial charge in [0.2, 0.25) is 0 Å². The SMILES string of the molecule is CC.CCc1cc(Cl)cc(C)c1OCCOc1c(C)cc(Cl)cc1C. The standard InChI is InChI=1S/C19H22Cl2O2.C2H6/c1-5-15-11-17(21)10-14(4)19(15)23-7-6-22-18-12(2)8-16(20)9-13(18)3;1-2/h8-11H,5-7H2,1-4H3;1-2H3. The van der Waals surface area contributed by atoms with Gasteiger partial charge in [-0.3, -0.25) is 0 Å². The number of benzene rings is 2. The van der Waals surface area contributed by atoms with Crippen LogP contribution in [0.25, 0.3) is 0 Å². The largest absolute Gasteiger partial charge is 0.489 e. The average Bonchev–Trinajstić information content (AvgIpc) is 2.56. The Morgan fingerprint density at radius 1 is 0.720 bits per heavy atom. The Bertz CT molecular complexity index is 674. The van der Waals surface area contributed by atoms with Gasteiger partial charge in [-0.2, -0.15) is 0 Å². The van der Waals surface area contributed by atoms with Gasteiger partial charge in [0.25, 0.3) is 0 Å². The minimum Gasteiger partial charge on any atom is -0.489 e. The van der Waals surface area contributed by atoms with E-state index in [9.17, 15) is 0 Å². The quantitative estimate of drug-likeness (QED) is 0.502. The summed E-state index contributed by atoms with van der Waals surface area (Å²) >= 11 is 12.1. The lowest BCUT2D eigenvalue weighted by Gasteiger charge is -2.16. The van der Waals surface area contributed by atoms with Crippen molar-refractivity contribution in [2.24, 2.45) is 0 Å².